The van der Waals surface area contributed by atoms with Crippen LogP contribution in [0.15, 0.2) is 72.9 Å². The maximum absolute atomic E-state index is 12.2. The largest absolute Gasteiger partial charge is 0.457 e. The normalized spacial score (nSPS) is 13.0. The fraction of sp³-hybridized carbons (Fsp3) is 0.735. The van der Waals surface area contributed by atoms with E-state index in [1.807, 2.05) is 0 Å². The number of esters is 1. The molecule has 306 valence electrons. The van der Waals surface area contributed by atoms with E-state index in [0.29, 0.717) is 13.0 Å². The number of carbonyl (C=O) groups excluding carboxylic acids is 1. The molecule has 0 aliphatic heterocycles. The van der Waals surface area contributed by atoms with E-state index in [1.165, 1.54) is 122 Å². The molecule has 0 fully saturated rings. The predicted octanol–water partition coefficient (Wildman–Crippen LogP) is 15.0. The minimum absolute atomic E-state index is 0.191. The van der Waals surface area contributed by atoms with E-state index in [2.05, 4.69) is 86.8 Å². The fourth-order valence-corrected chi connectivity index (χ4v) is 6.21. The van der Waals surface area contributed by atoms with E-state index >= 15 is 0 Å². The highest BCUT2D eigenvalue weighted by Gasteiger charge is 2.13. The lowest BCUT2D eigenvalue weighted by Gasteiger charge is -2.15. The van der Waals surface area contributed by atoms with Gasteiger partial charge in [-0.15, -0.1) is 0 Å². The van der Waals surface area contributed by atoms with Gasteiger partial charge in [-0.3, -0.25) is 4.79 Å². The molecule has 0 amide bonds. The third-order valence-electron chi connectivity index (χ3n) is 9.55. The summed E-state index contributed by atoms with van der Waals surface area (Å²) >= 11 is 0. The highest BCUT2D eigenvalue weighted by molar-refractivity contribution is 5.69. The maximum atomic E-state index is 12.2. The Labute approximate surface area is 329 Å². The molecule has 0 spiro atoms. The topological polar surface area (TPSA) is 55.8 Å². The lowest BCUT2D eigenvalue weighted by atomic mass is 10.0. The minimum Gasteiger partial charge on any atom is -0.457 e. The van der Waals surface area contributed by atoms with Gasteiger partial charge < -0.3 is 14.6 Å². The van der Waals surface area contributed by atoms with Crippen LogP contribution >= 0.6 is 0 Å². The first kappa shape index (κ1) is 50.8. The van der Waals surface area contributed by atoms with Gasteiger partial charge in [-0.05, 0) is 64.2 Å². The van der Waals surface area contributed by atoms with Gasteiger partial charge >= 0.3 is 5.97 Å². The third kappa shape index (κ3) is 44.1. The first-order valence-corrected chi connectivity index (χ1v) is 22.5. The molecule has 1 N–H and O–H groups in total. The average Bonchev–Trinajstić information content (AvgIpc) is 3.16. The molecule has 0 heterocycles. The van der Waals surface area contributed by atoms with Crippen molar-refractivity contribution in [2.45, 2.75) is 213 Å². The number of allylic oxidation sites excluding steroid dienone is 12. The minimum atomic E-state index is -0.559. The summed E-state index contributed by atoms with van der Waals surface area (Å²) in [5, 5.41) is 9.61. The summed E-state index contributed by atoms with van der Waals surface area (Å²) < 4.78 is 11.1. The van der Waals surface area contributed by atoms with Crippen LogP contribution in [-0.4, -0.2) is 37.0 Å². The van der Waals surface area contributed by atoms with Gasteiger partial charge in [0.2, 0.25) is 0 Å². The number of unbranched alkanes of at least 4 members (excludes halogenated alkanes) is 21. The Bertz CT molecular complexity index is 911. The van der Waals surface area contributed by atoms with E-state index in [4.69, 9.17) is 9.47 Å². The number of aliphatic hydroxyl groups excluding tert-OH is 1. The molecular formula is C49H86O4. The highest BCUT2D eigenvalue weighted by atomic mass is 16.6. The number of carbonyl (C=O) groups is 1. The zero-order valence-electron chi connectivity index (χ0n) is 35.0. The van der Waals surface area contributed by atoms with E-state index in [1.54, 1.807) is 0 Å². The van der Waals surface area contributed by atoms with Crippen LogP contribution in [0.25, 0.3) is 0 Å². The van der Waals surface area contributed by atoms with Crippen molar-refractivity contribution in [3.05, 3.63) is 72.9 Å². The number of hydrogen-bond acceptors (Lipinski definition) is 4. The SMILES string of the molecule is CC/C=C\C/C=C\C/C=C\C/C=C\C/C=C\C/C=C\CCCCC(=O)OC(CO)COCCCCCCCCCCCCCCCCCCCCCC. The standard InChI is InChI=1S/C49H86O4/c1-3-5-7-9-11-13-15-17-19-21-23-25-26-28-30-32-34-36-38-40-42-44-49(51)53-48(46-50)47-52-45-43-41-39-37-35-33-31-29-27-24-22-20-18-16-14-12-10-8-6-4-2/h5,7,11,13,17,19,23,25,28,30,34,36,48,50H,3-4,6,8-10,12,14-16,18,20-22,24,26-27,29,31-33,35,37-47H2,1-2H3/b7-5-,13-11-,19-17-,25-23-,30-28-,36-34-. The van der Waals surface area contributed by atoms with E-state index in [-0.39, 0.29) is 19.2 Å². The molecule has 0 bridgehead atoms. The molecule has 0 saturated carbocycles. The first-order chi connectivity index (χ1) is 26.2. The van der Waals surface area contributed by atoms with Crippen LogP contribution < -0.4 is 0 Å². The highest BCUT2D eigenvalue weighted by Crippen LogP contribution is 2.15. The van der Waals surface area contributed by atoms with Gasteiger partial charge in [0.1, 0.15) is 6.10 Å². The molecule has 0 aliphatic rings. The summed E-state index contributed by atoms with van der Waals surface area (Å²) in [4.78, 5) is 12.2. The van der Waals surface area contributed by atoms with Crippen LogP contribution in [0.1, 0.15) is 206 Å². The van der Waals surface area contributed by atoms with E-state index < -0.39 is 6.10 Å². The number of aliphatic hydroxyl groups is 1. The molecule has 0 rings (SSSR count). The van der Waals surface area contributed by atoms with Crippen molar-refractivity contribution in [2.24, 2.45) is 0 Å². The third-order valence-corrected chi connectivity index (χ3v) is 9.55. The maximum Gasteiger partial charge on any atom is 0.306 e. The van der Waals surface area contributed by atoms with Crippen molar-refractivity contribution in [3.63, 3.8) is 0 Å². The van der Waals surface area contributed by atoms with Crippen molar-refractivity contribution < 1.29 is 19.4 Å². The van der Waals surface area contributed by atoms with Crippen molar-refractivity contribution >= 4 is 5.97 Å². The summed E-state index contributed by atoms with van der Waals surface area (Å²) in [6, 6.07) is 0. The molecular weight excluding hydrogens is 653 g/mol. The van der Waals surface area contributed by atoms with Gasteiger partial charge in [0.25, 0.3) is 0 Å². The van der Waals surface area contributed by atoms with Gasteiger partial charge in [-0.2, -0.15) is 0 Å². The second-order valence-electron chi connectivity index (χ2n) is 14.7. The summed E-state index contributed by atoms with van der Waals surface area (Å²) in [6.45, 7) is 5.20. The monoisotopic (exact) mass is 739 g/mol. The van der Waals surface area contributed by atoms with Crippen LogP contribution in [0.3, 0.4) is 0 Å². The Kier molecular flexibility index (Phi) is 44.1. The van der Waals surface area contributed by atoms with Crippen LogP contribution in [-0.2, 0) is 14.3 Å². The summed E-state index contributed by atoms with van der Waals surface area (Å²) in [5.41, 5.74) is 0. The quantitative estimate of drug-likeness (QED) is 0.0385. The second kappa shape index (κ2) is 46.0. The van der Waals surface area contributed by atoms with Crippen LogP contribution in [0, 0.1) is 0 Å². The Morgan fingerprint density at radius 2 is 0.849 bits per heavy atom. The zero-order valence-corrected chi connectivity index (χ0v) is 35.0. The van der Waals surface area contributed by atoms with Gasteiger partial charge in [-0.1, -0.05) is 209 Å². The number of hydrogen-bond donors (Lipinski definition) is 1. The molecule has 1 unspecified atom stereocenters. The van der Waals surface area contributed by atoms with Crippen molar-refractivity contribution in [3.8, 4) is 0 Å². The van der Waals surface area contributed by atoms with Crippen molar-refractivity contribution in [2.75, 3.05) is 19.8 Å². The van der Waals surface area contributed by atoms with Crippen LogP contribution in [0.4, 0.5) is 0 Å². The predicted molar refractivity (Wildman–Crippen MR) is 232 cm³/mol. The molecule has 4 heteroatoms. The lowest BCUT2D eigenvalue weighted by Crippen LogP contribution is -2.27. The molecule has 53 heavy (non-hydrogen) atoms. The average molecular weight is 739 g/mol. The molecule has 0 saturated heterocycles. The van der Waals surface area contributed by atoms with Gasteiger partial charge in [0, 0.05) is 13.0 Å². The molecule has 0 aromatic rings. The Morgan fingerprint density at radius 3 is 1.25 bits per heavy atom. The first-order valence-electron chi connectivity index (χ1n) is 22.5. The summed E-state index contributed by atoms with van der Waals surface area (Å²) in [5.74, 6) is -0.241. The Morgan fingerprint density at radius 1 is 0.472 bits per heavy atom. The van der Waals surface area contributed by atoms with Crippen LogP contribution in [0.2, 0.25) is 0 Å². The molecule has 0 aromatic heterocycles. The van der Waals surface area contributed by atoms with E-state index in [9.17, 15) is 9.90 Å². The Hall–Kier alpha value is -2.17. The van der Waals surface area contributed by atoms with Gasteiger partial charge in [0.15, 0.2) is 0 Å². The molecule has 4 nitrogen and oxygen atoms in total. The zero-order chi connectivity index (χ0) is 38.4. The molecule has 0 aliphatic carbocycles. The molecule has 0 radical (unpaired) electrons. The van der Waals surface area contributed by atoms with Gasteiger partial charge in [-0.25, -0.2) is 0 Å². The number of rotatable bonds is 41. The number of ether oxygens (including phenoxy) is 2. The second-order valence-corrected chi connectivity index (χ2v) is 14.7. The smallest absolute Gasteiger partial charge is 0.306 e. The molecule has 1 atom stereocenters. The lowest BCUT2D eigenvalue weighted by molar-refractivity contribution is -0.154. The van der Waals surface area contributed by atoms with Crippen molar-refractivity contribution in [1.29, 1.82) is 0 Å². The van der Waals surface area contributed by atoms with E-state index in [0.717, 1.165) is 64.2 Å². The van der Waals surface area contributed by atoms with Gasteiger partial charge in [0.05, 0.1) is 13.2 Å². The summed E-state index contributed by atoms with van der Waals surface area (Å²) in [7, 11) is 0. The molecule has 0 aromatic carbocycles. The summed E-state index contributed by atoms with van der Waals surface area (Å²) in [6.07, 6.45) is 62.6. The Balaban J connectivity index is 3.51. The van der Waals surface area contributed by atoms with Crippen molar-refractivity contribution in [1.82, 2.24) is 0 Å². The fourth-order valence-electron chi connectivity index (χ4n) is 6.21. The van der Waals surface area contributed by atoms with Crippen LogP contribution in [0.5, 0.6) is 0 Å².